The number of carbonyl (C=O) groups excluding carboxylic acids is 1. The maximum Gasteiger partial charge on any atom is 0.278 e. The number of aromatic nitrogens is 3. The fourth-order valence-corrected chi connectivity index (χ4v) is 3.92. The number of thiazole rings is 1. The third-order valence-corrected chi connectivity index (χ3v) is 5.23. The number of hydrogen-bond donors (Lipinski definition) is 1. The monoisotopic (exact) mass is 378 g/mol. The number of hydrogen-bond acceptors (Lipinski definition) is 5. The summed E-state index contributed by atoms with van der Waals surface area (Å²) in [6.45, 7) is 5.74. The van der Waals surface area contributed by atoms with E-state index in [0.717, 1.165) is 15.8 Å². The highest BCUT2D eigenvalue weighted by Crippen LogP contribution is 2.27. The van der Waals surface area contributed by atoms with Crippen molar-refractivity contribution in [3.05, 3.63) is 64.1 Å². The molecule has 0 bridgehead atoms. The van der Waals surface area contributed by atoms with E-state index in [1.807, 2.05) is 39.0 Å². The maximum absolute atomic E-state index is 12.9. The number of carbonyl (C=O) groups is 1. The average molecular weight is 378 g/mol. The molecule has 0 aliphatic heterocycles. The van der Waals surface area contributed by atoms with Gasteiger partial charge in [0, 0.05) is 5.39 Å². The molecule has 1 amide bonds. The minimum absolute atomic E-state index is 0.154. The first-order valence-electron chi connectivity index (χ1n) is 8.64. The zero-order valence-corrected chi connectivity index (χ0v) is 16.0. The molecule has 0 saturated heterocycles. The summed E-state index contributed by atoms with van der Waals surface area (Å²) in [7, 11) is 0. The minimum atomic E-state index is -0.378. The number of nitrogens with zero attached hydrogens (tertiary/aromatic N) is 3. The Kier molecular flexibility index (Phi) is 4.24. The highest BCUT2D eigenvalue weighted by atomic mass is 32.1. The summed E-state index contributed by atoms with van der Waals surface area (Å²) in [5, 5.41) is 8.69. The Morgan fingerprint density at radius 2 is 1.89 bits per heavy atom. The largest absolute Gasteiger partial charge is 0.296 e. The average Bonchev–Trinajstić information content (AvgIpc) is 3.03. The summed E-state index contributed by atoms with van der Waals surface area (Å²) in [6, 6.07) is 12.8. The molecular formula is C20H18N4O2S. The van der Waals surface area contributed by atoms with Gasteiger partial charge in [-0.05, 0) is 44.5 Å². The molecule has 0 spiro atoms. The molecule has 4 aromatic rings. The second kappa shape index (κ2) is 6.59. The van der Waals surface area contributed by atoms with Crippen molar-refractivity contribution in [2.24, 2.45) is 0 Å². The van der Waals surface area contributed by atoms with Crippen LogP contribution in [-0.4, -0.2) is 20.7 Å². The predicted octanol–water partition coefficient (Wildman–Crippen LogP) is 4.15. The Morgan fingerprint density at radius 1 is 1.15 bits per heavy atom. The molecule has 4 rings (SSSR count). The second-order valence-corrected chi connectivity index (χ2v) is 7.71. The fraction of sp³-hybridized carbons (Fsp3) is 0.200. The number of nitrogens with one attached hydrogen (secondary N) is 1. The molecule has 0 aliphatic rings. The van der Waals surface area contributed by atoms with Gasteiger partial charge < -0.3 is 0 Å². The van der Waals surface area contributed by atoms with Gasteiger partial charge in [0.2, 0.25) is 0 Å². The summed E-state index contributed by atoms with van der Waals surface area (Å²) in [5.74, 6) is -0.378. The quantitative estimate of drug-likeness (QED) is 0.581. The molecule has 2 aromatic carbocycles. The second-order valence-electron chi connectivity index (χ2n) is 6.68. The Morgan fingerprint density at radius 3 is 2.63 bits per heavy atom. The van der Waals surface area contributed by atoms with Crippen molar-refractivity contribution in [2.75, 3.05) is 5.32 Å². The van der Waals surface area contributed by atoms with Crippen LogP contribution in [0.2, 0.25) is 0 Å². The van der Waals surface area contributed by atoms with Crippen LogP contribution in [0, 0.1) is 6.92 Å². The lowest BCUT2D eigenvalue weighted by Crippen LogP contribution is -2.28. The van der Waals surface area contributed by atoms with Crippen molar-refractivity contribution in [1.82, 2.24) is 14.8 Å². The first-order valence-corrected chi connectivity index (χ1v) is 9.46. The van der Waals surface area contributed by atoms with Gasteiger partial charge in [0.25, 0.3) is 11.5 Å². The highest BCUT2D eigenvalue weighted by Gasteiger charge is 2.19. The topological polar surface area (TPSA) is 76.9 Å². The smallest absolute Gasteiger partial charge is 0.278 e. The van der Waals surface area contributed by atoms with Crippen LogP contribution in [0.15, 0.2) is 47.3 Å². The molecule has 27 heavy (non-hydrogen) atoms. The van der Waals surface area contributed by atoms with E-state index in [4.69, 9.17) is 0 Å². The predicted molar refractivity (Wildman–Crippen MR) is 109 cm³/mol. The van der Waals surface area contributed by atoms with Crippen LogP contribution in [0.25, 0.3) is 21.0 Å². The van der Waals surface area contributed by atoms with Gasteiger partial charge in [-0.15, -0.1) is 0 Å². The lowest BCUT2D eigenvalue weighted by atomic mass is 10.1. The summed E-state index contributed by atoms with van der Waals surface area (Å²) in [5.41, 5.74) is 1.99. The third-order valence-electron chi connectivity index (χ3n) is 4.30. The maximum atomic E-state index is 12.9. The number of benzene rings is 2. The molecule has 6 nitrogen and oxygen atoms in total. The van der Waals surface area contributed by atoms with E-state index < -0.39 is 0 Å². The lowest BCUT2D eigenvalue weighted by molar-refractivity contribution is 0.102. The summed E-state index contributed by atoms with van der Waals surface area (Å²) < 4.78 is 2.36. The van der Waals surface area contributed by atoms with E-state index in [1.165, 1.54) is 16.0 Å². The van der Waals surface area contributed by atoms with Crippen molar-refractivity contribution in [1.29, 1.82) is 0 Å². The van der Waals surface area contributed by atoms with Gasteiger partial charge in [0.1, 0.15) is 0 Å². The molecule has 136 valence electrons. The molecule has 0 saturated carbocycles. The van der Waals surface area contributed by atoms with E-state index in [-0.39, 0.29) is 23.2 Å². The molecule has 2 heterocycles. The van der Waals surface area contributed by atoms with Gasteiger partial charge in [0.05, 0.1) is 21.6 Å². The molecule has 0 unspecified atom stereocenters. The molecule has 2 aromatic heterocycles. The van der Waals surface area contributed by atoms with E-state index in [2.05, 4.69) is 15.4 Å². The van der Waals surface area contributed by atoms with Crippen molar-refractivity contribution < 1.29 is 4.79 Å². The van der Waals surface area contributed by atoms with E-state index in [9.17, 15) is 9.59 Å². The van der Waals surface area contributed by atoms with Crippen LogP contribution in [-0.2, 0) is 0 Å². The van der Waals surface area contributed by atoms with E-state index in [1.54, 1.807) is 24.3 Å². The fourth-order valence-electron chi connectivity index (χ4n) is 2.97. The first-order chi connectivity index (χ1) is 12.9. The minimum Gasteiger partial charge on any atom is -0.296 e. The van der Waals surface area contributed by atoms with Gasteiger partial charge >= 0.3 is 0 Å². The van der Waals surface area contributed by atoms with Gasteiger partial charge in [-0.1, -0.05) is 35.6 Å². The zero-order chi connectivity index (χ0) is 19.1. The standard InChI is InChI=1S/C20H18N4O2S/c1-11(2)24-19(26)14-7-5-4-6-13(14)17(23-24)18(25)22-20-21-15-9-8-12(3)10-16(15)27-20/h4-11H,1-3H3,(H,21,22,25). The SMILES string of the molecule is Cc1ccc2nc(NC(=O)c3nn(C(C)C)c(=O)c4ccccc34)sc2c1. The van der Waals surface area contributed by atoms with Crippen LogP contribution >= 0.6 is 11.3 Å². The van der Waals surface area contributed by atoms with Crippen LogP contribution in [0.4, 0.5) is 5.13 Å². The van der Waals surface area contributed by atoms with Gasteiger partial charge in [-0.25, -0.2) is 9.67 Å². The lowest BCUT2D eigenvalue weighted by Gasteiger charge is -2.12. The normalized spacial score (nSPS) is 11.4. The highest BCUT2D eigenvalue weighted by molar-refractivity contribution is 7.22. The molecule has 0 radical (unpaired) electrons. The molecule has 1 N–H and O–H groups in total. The number of fused-ring (bicyclic) bond motifs is 2. The van der Waals surface area contributed by atoms with E-state index >= 15 is 0 Å². The van der Waals surface area contributed by atoms with Crippen LogP contribution < -0.4 is 10.9 Å². The summed E-state index contributed by atoms with van der Waals surface area (Å²) in [6.07, 6.45) is 0. The molecule has 0 atom stereocenters. The van der Waals surface area contributed by atoms with Crippen molar-refractivity contribution in [3.63, 3.8) is 0 Å². The van der Waals surface area contributed by atoms with Gasteiger partial charge in [-0.3, -0.25) is 14.9 Å². The third kappa shape index (κ3) is 3.10. The van der Waals surface area contributed by atoms with Crippen LogP contribution in [0.1, 0.15) is 35.9 Å². The molecule has 7 heteroatoms. The Balaban J connectivity index is 1.79. The van der Waals surface area contributed by atoms with Crippen LogP contribution in [0.5, 0.6) is 0 Å². The molecule has 0 fully saturated rings. The van der Waals surface area contributed by atoms with Crippen molar-refractivity contribution in [2.45, 2.75) is 26.8 Å². The number of amides is 1. The summed E-state index contributed by atoms with van der Waals surface area (Å²) >= 11 is 1.41. The van der Waals surface area contributed by atoms with E-state index in [0.29, 0.717) is 15.9 Å². The summed E-state index contributed by atoms with van der Waals surface area (Å²) in [4.78, 5) is 30.0. The molecular weight excluding hydrogens is 360 g/mol. The Labute approximate surface area is 159 Å². The number of aryl methyl sites for hydroxylation is 1. The number of anilines is 1. The van der Waals surface area contributed by atoms with Crippen LogP contribution in [0.3, 0.4) is 0 Å². The molecule has 0 aliphatic carbocycles. The van der Waals surface area contributed by atoms with Crippen molar-refractivity contribution >= 4 is 43.4 Å². The first kappa shape index (κ1) is 17.4. The Hall–Kier alpha value is -3.06. The Bertz CT molecular complexity index is 1240. The zero-order valence-electron chi connectivity index (χ0n) is 15.2. The van der Waals surface area contributed by atoms with Gasteiger partial charge in [-0.2, -0.15) is 5.10 Å². The van der Waals surface area contributed by atoms with Gasteiger partial charge in [0.15, 0.2) is 10.8 Å². The van der Waals surface area contributed by atoms with Crippen molar-refractivity contribution in [3.8, 4) is 0 Å². The number of rotatable bonds is 3.